The number of rotatable bonds is 9. The van der Waals surface area contributed by atoms with Gasteiger partial charge in [0.15, 0.2) is 0 Å². The lowest BCUT2D eigenvalue weighted by Gasteiger charge is -2.26. The van der Waals surface area contributed by atoms with Gasteiger partial charge < -0.3 is 15.0 Å². The number of benzene rings is 1. The maximum absolute atomic E-state index is 12.8. The van der Waals surface area contributed by atoms with Crippen LogP contribution in [0.1, 0.15) is 55.8 Å². The molecule has 1 amide bonds. The Morgan fingerprint density at radius 1 is 1.19 bits per heavy atom. The first kappa shape index (κ1) is 19.6. The molecule has 0 radical (unpaired) electrons. The number of fused-ring (bicyclic) bond motifs is 1. The van der Waals surface area contributed by atoms with Crippen LogP contribution < -0.4 is 10.1 Å². The molecule has 0 saturated carbocycles. The fraction of sp³-hybridized carbons (Fsp3) is 0.545. The number of nitrogens with one attached hydrogen (secondary N) is 1. The van der Waals surface area contributed by atoms with E-state index in [0.717, 1.165) is 49.8 Å². The van der Waals surface area contributed by atoms with E-state index < -0.39 is 0 Å². The zero-order valence-electron chi connectivity index (χ0n) is 16.4. The van der Waals surface area contributed by atoms with Crippen LogP contribution in [0.25, 0.3) is 10.9 Å². The van der Waals surface area contributed by atoms with E-state index in [1.54, 1.807) is 6.07 Å². The number of carbonyl (C=O) groups excluding carboxylic acids is 1. The number of piperidine rings is 1. The van der Waals surface area contributed by atoms with E-state index in [9.17, 15) is 4.79 Å². The highest BCUT2D eigenvalue weighted by Crippen LogP contribution is 2.22. The smallest absolute Gasteiger partial charge is 0.252 e. The molecule has 1 aliphatic heterocycles. The molecule has 146 valence electrons. The maximum Gasteiger partial charge on any atom is 0.252 e. The van der Waals surface area contributed by atoms with Crippen LogP contribution in [-0.4, -0.2) is 48.6 Å². The van der Waals surface area contributed by atoms with Gasteiger partial charge >= 0.3 is 0 Å². The number of aromatic nitrogens is 1. The second-order valence-corrected chi connectivity index (χ2v) is 7.24. The Hall–Kier alpha value is -2.14. The first-order valence-electron chi connectivity index (χ1n) is 10.3. The molecule has 2 aromatic rings. The highest BCUT2D eigenvalue weighted by atomic mass is 16.5. The van der Waals surface area contributed by atoms with Crippen LogP contribution in [-0.2, 0) is 0 Å². The van der Waals surface area contributed by atoms with Crippen molar-refractivity contribution < 1.29 is 9.53 Å². The first-order chi connectivity index (χ1) is 13.3. The molecule has 1 N–H and O–H groups in total. The summed E-state index contributed by atoms with van der Waals surface area (Å²) in [4.78, 5) is 19.8. The second kappa shape index (κ2) is 10.3. The van der Waals surface area contributed by atoms with Gasteiger partial charge in [-0.05, 0) is 38.4 Å². The van der Waals surface area contributed by atoms with Crippen molar-refractivity contribution in [1.29, 1.82) is 0 Å². The number of carbonyl (C=O) groups is 1. The summed E-state index contributed by atoms with van der Waals surface area (Å²) in [5.74, 6) is 0.481. The van der Waals surface area contributed by atoms with Crippen molar-refractivity contribution in [2.75, 3.05) is 32.8 Å². The molecule has 1 aliphatic rings. The Bertz CT molecular complexity index is 741. The van der Waals surface area contributed by atoms with Gasteiger partial charge in [0.25, 0.3) is 5.91 Å². The van der Waals surface area contributed by atoms with Crippen LogP contribution in [0, 0.1) is 0 Å². The number of nitrogens with zero attached hydrogens (tertiary/aromatic N) is 2. The third kappa shape index (κ3) is 5.67. The molecule has 0 aliphatic carbocycles. The SMILES string of the molecule is CCCCCOc1cc(C(=O)NCCN2CCCCC2)c2ccccc2n1. The lowest BCUT2D eigenvalue weighted by Crippen LogP contribution is -2.37. The number of unbranched alkanes of at least 4 members (excludes halogenated alkanes) is 2. The molecule has 0 bridgehead atoms. The number of amides is 1. The van der Waals surface area contributed by atoms with Gasteiger partial charge in [-0.2, -0.15) is 0 Å². The summed E-state index contributed by atoms with van der Waals surface area (Å²) in [6.45, 7) is 6.67. The van der Waals surface area contributed by atoms with E-state index in [1.165, 1.54) is 19.3 Å². The number of hydrogen-bond donors (Lipinski definition) is 1. The Kier molecular flexibility index (Phi) is 7.45. The normalized spacial score (nSPS) is 15.0. The van der Waals surface area contributed by atoms with E-state index in [-0.39, 0.29) is 5.91 Å². The van der Waals surface area contributed by atoms with E-state index in [2.05, 4.69) is 22.1 Å². The molecule has 5 nitrogen and oxygen atoms in total. The highest BCUT2D eigenvalue weighted by molar-refractivity contribution is 6.06. The maximum atomic E-state index is 12.8. The molecule has 27 heavy (non-hydrogen) atoms. The van der Waals surface area contributed by atoms with Gasteiger partial charge in [0.2, 0.25) is 5.88 Å². The molecule has 0 atom stereocenters. The minimum Gasteiger partial charge on any atom is -0.478 e. The minimum absolute atomic E-state index is 0.0518. The van der Waals surface area contributed by atoms with Crippen LogP contribution >= 0.6 is 0 Å². The predicted octanol–water partition coefficient (Wildman–Crippen LogP) is 4.02. The molecule has 0 unspecified atom stereocenters. The molecule has 5 heteroatoms. The number of para-hydroxylation sites is 1. The van der Waals surface area contributed by atoms with Gasteiger partial charge in [0.05, 0.1) is 17.7 Å². The summed E-state index contributed by atoms with van der Waals surface area (Å²) in [7, 11) is 0. The van der Waals surface area contributed by atoms with Crippen molar-refractivity contribution in [2.45, 2.75) is 45.4 Å². The average molecular weight is 370 g/mol. The van der Waals surface area contributed by atoms with Gasteiger partial charge in [0.1, 0.15) is 0 Å². The third-order valence-electron chi connectivity index (χ3n) is 5.10. The summed E-state index contributed by atoms with van der Waals surface area (Å²) in [6, 6.07) is 9.54. The van der Waals surface area contributed by atoms with Gasteiger partial charge in [-0.25, -0.2) is 4.98 Å². The molecule has 1 fully saturated rings. The number of ether oxygens (including phenoxy) is 1. The Balaban J connectivity index is 1.66. The van der Waals surface area contributed by atoms with Crippen LogP contribution in [0.5, 0.6) is 5.88 Å². The predicted molar refractivity (Wildman–Crippen MR) is 109 cm³/mol. The first-order valence-corrected chi connectivity index (χ1v) is 10.3. The highest BCUT2D eigenvalue weighted by Gasteiger charge is 2.15. The van der Waals surface area contributed by atoms with Crippen molar-refractivity contribution in [3.63, 3.8) is 0 Å². The molecular formula is C22H31N3O2. The number of pyridine rings is 1. The van der Waals surface area contributed by atoms with Crippen LogP contribution in [0.3, 0.4) is 0 Å². The van der Waals surface area contributed by atoms with Crippen molar-refractivity contribution in [1.82, 2.24) is 15.2 Å². The zero-order chi connectivity index (χ0) is 18.9. The molecule has 3 rings (SSSR count). The van der Waals surface area contributed by atoms with Crippen molar-refractivity contribution in [3.05, 3.63) is 35.9 Å². The fourth-order valence-corrected chi connectivity index (χ4v) is 3.55. The number of hydrogen-bond acceptors (Lipinski definition) is 4. The Labute approximate surface area is 162 Å². The average Bonchev–Trinajstić information content (AvgIpc) is 2.71. The molecule has 1 aromatic carbocycles. The molecule has 1 saturated heterocycles. The monoisotopic (exact) mass is 369 g/mol. The van der Waals surface area contributed by atoms with Gasteiger partial charge in [0, 0.05) is 24.5 Å². The van der Waals surface area contributed by atoms with Crippen LogP contribution in [0.15, 0.2) is 30.3 Å². The van der Waals surface area contributed by atoms with E-state index in [0.29, 0.717) is 24.6 Å². The molecular weight excluding hydrogens is 338 g/mol. The standard InChI is InChI=1S/C22H31N3O2/c1-2-3-9-16-27-21-17-19(18-10-5-6-11-20(18)24-21)22(26)23-12-15-25-13-7-4-8-14-25/h5-6,10-11,17H,2-4,7-9,12-16H2,1H3,(H,23,26). The van der Waals surface area contributed by atoms with E-state index >= 15 is 0 Å². The lowest BCUT2D eigenvalue weighted by molar-refractivity contribution is 0.0947. The van der Waals surface area contributed by atoms with Gasteiger partial charge in [-0.15, -0.1) is 0 Å². The van der Waals surface area contributed by atoms with Gasteiger partial charge in [-0.1, -0.05) is 44.4 Å². The summed E-state index contributed by atoms with van der Waals surface area (Å²) >= 11 is 0. The van der Waals surface area contributed by atoms with Crippen LogP contribution in [0.4, 0.5) is 0 Å². The Morgan fingerprint density at radius 3 is 2.81 bits per heavy atom. The topological polar surface area (TPSA) is 54.5 Å². The fourth-order valence-electron chi connectivity index (χ4n) is 3.55. The summed E-state index contributed by atoms with van der Waals surface area (Å²) in [5, 5.41) is 3.95. The largest absolute Gasteiger partial charge is 0.478 e. The molecule has 2 heterocycles. The van der Waals surface area contributed by atoms with Gasteiger partial charge in [-0.3, -0.25) is 4.79 Å². The summed E-state index contributed by atoms with van der Waals surface area (Å²) in [6.07, 6.45) is 7.15. The quantitative estimate of drug-likeness (QED) is 0.678. The van der Waals surface area contributed by atoms with Crippen molar-refractivity contribution in [2.24, 2.45) is 0 Å². The summed E-state index contributed by atoms with van der Waals surface area (Å²) < 4.78 is 5.81. The second-order valence-electron chi connectivity index (χ2n) is 7.24. The number of likely N-dealkylation sites (tertiary alicyclic amines) is 1. The lowest BCUT2D eigenvalue weighted by atomic mass is 10.1. The van der Waals surface area contributed by atoms with E-state index in [4.69, 9.17) is 4.74 Å². The van der Waals surface area contributed by atoms with Crippen molar-refractivity contribution >= 4 is 16.8 Å². The summed E-state index contributed by atoms with van der Waals surface area (Å²) in [5.41, 5.74) is 1.44. The van der Waals surface area contributed by atoms with Crippen LogP contribution in [0.2, 0.25) is 0 Å². The van der Waals surface area contributed by atoms with E-state index in [1.807, 2.05) is 24.3 Å². The minimum atomic E-state index is -0.0518. The Morgan fingerprint density at radius 2 is 2.00 bits per heavy atom. The van der Waals surface area contributed by atoms with Crippen molar-refractivity contribution in [3.8, 4) is 5.88 Å². The molecule has 1 aromatic heterocycles. The molecule has 0 spiro atoms. The zero-order valence-corrected chi connectivity index (χ0v) is 16.4. The third-order valence-corrected chi connectivity index (χ3v) is 5.10.